The highest BCUT2D eigenvalue weighted by Gasteiger charge is 2.46. The molecule has 1 aliphatic rings. The molecule has 0 radical (unpaired) electrons. The van der Waals surface area contributed by atoms with E-state index in [0.29, 0.717) is 0 Å². The molecule has 1 saturated carbocycles. The van der Waals surface area contributed by atoms with Crippen molar-refractivity contribution in [3.63, 3.8) is 0 Å². The van der Waals surface area contributed by atoms with Crippen LogP contribution in [0.2, 0.25) is 0 Å². The lowest BCUT2D eigenvalue weighted by Gasteiger charge is -2.25. The quantitative estimate of drug-likeness (QED) is 0.801. The first-order chi connectivity index (χ1) is 8.43. The average molecular weight is 272 g/mol. The molecule has 1 atom stereocenters. The van der Waals surface area contributed by atoms with Gasteiger partial charge >= 0.3 is 0 Å². The fraction of sp³-hybridized carbons (Fsp3) is 0.417. The zero-order valence-corrected chi connectivity index (χ0v) is 10.5. The lowest BCUT2D eigenvalue weighted by Crippen LogP contribution is -2.56. The van der Waals surface area contributed by atoms with E-state index in [9.17, 15) is 13.6 Å². The Kier molecular flexibility index (Phi) is 3.59. The maximum Gasteiger partial charge on any atom is 0.238 e. The second-order valence-corrected chi connectivity index (χ2v) is 5.56. The summed E-state index contributed by atoms with van der Waals surface area (Å²) in [5.41, 5.74) is 10.1. The number of halogens is 2. The van der Waals surface area contributed by atoms with E-state index in [1.165, 1.54) is 0 Å². The lowest BCUT2D eigenvalue weighted by molar-refractivity contribution is -0.123. The van der Waals surface area contributed by atoms with Crippen LogP contribution in [0.25, 0.3) is 0 Å². The van der Waals surface area contributed by atoms with Crippen LogP contribution >= 0.6 is 11.8 Å². The van der Waals surface area contributed by atoms with Gasteiger partial charge in [-0.05, 0) is 37.0 Å². The van der Waals surface area contributed by atoms with Crippen LogP contribution in [0.15, 0.2) is 23.1 Å². The molecule has 6 heteroatoms. The smallest absolute Gasteiger partial charge is 0.238 e. The minimum atomic E-state index is -1.14. The molecule has 1 aliphatic carbocycles. The fourth-order valence-electron chi connectivity index (χ4n) is 1.77. The molecule has 1 amide bonds. The maximum atomic E-state index is 13.4. The van der Waals surface area contributed by atoms with E-state index >= 15 is 0 Å². The molecule has 0 aliphatic heterocycles. The SMILES string of the molecule is NC(=O)C(N)(CSc1cc(F)ccc1F)C1CC1. The molecule has 98 valence electrons. The highest BCUT2D eigenvalue weighted by molar-refractivity contribution is 7.99. The minimum absolute atomic E-state index is 0.0547. The Morgan fingerprint density at radius 3 is 2.67 bits per heavy atom. The molecule has 3 nitrogen and oxygen atoms in total. The third-order valence-corrected chi connectivity index (χ3v) is 4.37. The van der Waals surface area contributed by atoms with Crippen LogP contribution < -0.4 is 11.5 Å². The van der Waals surface area contributed by atoms with Crippen molar-refractivity contribution < 1.29 is 13.6 Å². The summed E-state index contributed by atoms with van der Waals surface area (Å²) in [7, 11) is 0. The number of carbonyl (C=O) groups excluding carboxylic acids is 1. The Morgan fingerprint density at radius 2 is 2.11 bits per heavy atom. The van der Waals surface area contributed by atoms with Crippen LogP contribution in [0, 0.1) is 17.6 Å². The van der Waals surface area contributed by atoms with Gasteiger partial charge in [0, 0.05) is 10.6 Å². The molecule has 0 spiro atoms. The summed E-state index contributed by atoms with van der Waals surface area (Å²) >= 11 is 1.02. The van der Waals surface area contributed by atoms with Crippen LogP contribution in [0.4, 0.5) is 8.78 Å². The molecule has 2 rings (SSSR count). The third-order valence-electron chi connectivity index (χ3n) is 3.12. The van der Waals surface area contributed by atoms with Crippen LogP contribution in [-0.4, -0.2) is 17.2 Å². The number of thioether (sulfide) groups is 1. The molecule has 4 N–H and O–H groups in total. The van der Waals surface area contributed by atoms with Crippen molar-refractivity contribution >= 4 is 17.7 Å². The summed E-state index contributed by atoms with van der Waals surface area (Å²) in [6.07, 6.45) is 1.71. The van der Waals surface area contributed by atoms with Crippen molar-refractivity contribution in [3.8, 4) is 0 Å². The van der Waals surface area contributed by atoms with E-state index in [0.717, 1.165) is 42.8 Å². The van der Waals surface area contributed by atoms with E-state index < -0.39 is 23.1 Å². The van der Waals surface area contributed by atoms with Gasteiger partial charge in [0.2, 0.25) is 5.91 Å². The Balaban J connectivity index is 2.10. The molecule has 1 aromatic rings. The summed E-state index contributed by atoms with van der Waals surface area (Å²) in [6, 6.07) is 3.19. The van der Waals surface area contributed by atoms with Gasteiger partial charge in [-0.1, -0.05) is 0 Å². The Labute approximate surface area is 108 Å². The van der Waals surface area contributed by atoms with Gasteiger partial charge in [-0.25, -0.2) is 8.78 Å². The third kappa shape index (κ3) is 2.64. The van der Waals surface area contributed by atoms with E-state index in [4.69, 9.17) is 11.5 Å². The van der Waals surface area contributed by atoms with Crippen LogP contribution in [0.1, 0.15) is 12.8 Å². The van der Waals surface area contributed by atoms with E-state index in [1.807, 2.05) is 0 Å². The monoisotopic (exact) mass is 272 g/mol. The number of amides is 1. The predicted molar refractivity (Wildman–Crippen MR) is 65.9 cm³/mol. The van der Waals surface area contributed by atoms with Gasteiger partial charge in [-0.15, -0.1) is 11.8 Å². The van der Waals surface area contributed by atoms with Gasteiger partial charge in [-0.3, -0.25) is 4.79 Å². The summed E-state index contributed by atoms with van der Waals surface area (Å²) in [6.45, 7) is 0. The van der Waals surface area contributed by atoms with Gasteiger partial charge in [0.25, 0.3) is 0 Å². The Hall–Kier alpha value is -1.14. The zero-order valence-electron chi connectivity index (χ0n) is 9.66. The first-order valence-electron chi connectivity index (χ1n) is 5.60. The first kappa shape index (κ1) is 13.3. The summed E-state index contributed by atoms with van der Waals surface area (Å²) < 4.78 is 26.4. The lowest BCUT2D eigenvalue weighted by atomic mass is 9.96. The standard InChI is InChI=1S/C12H14F2N2OS/c13-8-3-4-9(14)10(5-8)18-6-12(16,11(15)17)7-1-2-7/h3-5,7H,1-2,6,16H2,(H2,15,17). The van der Waals surface area contributed by atoms with Crippen molar-refractivity contribution in [3.05, 3.63) is 29.8 Å². The van der Waals surface area contributed by atoms with Gasteiger partial charge < -0.3 is 11.5 Å². The largest absolute Gasteiger partial charge is 0.368 e. The van der Waals surface area contributed by atoms with Crippen LogP contribution in [-0.2, 0) is 4.79 Å². The summed E-state index contributed by atoms with van der Waals surface area (Å²) in [4.78, 5) is 11.5. The molecule has 0 saturated heterocycles. The maximum absolute atomic E-state index is 13.4. The Morgan fingerprint density at radius 1 is 1.44 bits per heavy atom. The Bertz CT molecular complexity index is 479. The molecule has 1 aromatic carbocycles. The van der Waals surface area contributed by atoms with Crippen molar-refractivity contribution in [2.75, 3.05) is 5.75 Å². The van der Waals surface area contributed by atoms with Crippen molar-refractivity contribution in [2.45, 2.75) is 23.3 Å². The highest BCUT2D eigenvalue weighted by atomic mass is 32.2. The summed E-state index contributed by atoms with van der Waals surface area (Å²) in [5.74, 6) is -1.42. The molecule has 0 aromatic heterocycles. The van der Waals surface area contributed by atoms with Crippen LogP contribution in [0.5, 0.6) is 0 Å². The van der Waals surface area contributed by atoms with E-state index in [-0.39, 0.29) is 16.6 Å². The zero-order chi connectivity index (χ0) is 13.3. The topological polar surface area (TPSA) is 69.1 Å². The number of rotatable bonds is 5. The minimum Gasteiger partial charge on any atom is -0.368 e. The molecule has 1 unspecified atom stereocenters. The second-order valence-electron chi connectivity index (χ2n) is 4.54. The second kappa shape index (κ2) is 4.85. The number of nitrogens with two attached hydrogens (primary N) is 2. The van der Waals surface area contributed by atoms with E-state index in [1.54, 1.807) is 0 Å². The number of primary amides is 1. The van der Waals surface area contributed by atoms with Crippen molar-refractivity contribution in [1.82, 2.24) is 0 Å². The molecular weight excluding hydrogens is 258 g/mol. The van der Waals surface area contributed by atoms with Crippen molar-refractivity contribution in [1.29, 1.82) is 0 Å². The molecule has 18 heavy (non-hydrogen) atoms. The first-order valence-corrected chi connectivity index (χ1v) is 6.58. The number of hydrogen-bond acceptors (Lipinski definition) is 3. The van der Waals surface area contributed by atoms with Gasteiger partial charge in [0.05, 0.1) is 0 Å². The fourth-order valence-corrected chi connectivity index (χ4v) is 2.95. The van der Waals surface area contributed by atoms with Gasteiger partial charge in [-0.2, -0.15) is 0 Å². The highest BCUT2D eigenvalue weighted by Crippen LogP contribution is 2.41. The summed E-state index contributed by atoms with van der Waals surface area (Å²) in [5, 5.41) is 0. The molecular formula is C12H14F2N2OS. The molecule has 0 bridgehead atoms. The normalized spacial score (nSPS) is 18.4. The predicted octanol–water partition coefficient (Wildman–Crippen LogP) is 1.65. The molecule has 1 fully saturated rings. The van der Waals surface area contributed by atoms with Crippen LogP contribution in [0.3, 0.4) is 0 Å². The number of hydrogen-bond donors (Lipinski definition) is 2. The van der Waals surface area contributed by atoms with Crippen molar-refractivity contribution in [2.24, 2.45) is 17.4 Å². The van der Waals surface area contributed by atoms with E-state index in [2.05, 4.69) is 0 Å². The molecule has 0 heterocycles. The number of benzene rings is 1. The average Bonchev–Trinajstić information content (AvgIpc) is 3.14. The number of carbonyl (C=O) groups is 1. The van der Waals surface area contributed by atoms with Gasteiger partial charge in [0.1, 0.15) is 17.2 Å². The van der Waals surface area contributed by atoms with Gasteiger partial charge in [0.15, 0.2) is 0 Å².